The lowest BCUT2D eigenvalue weighted by Crippen LogP contribution is -2.04. The highest BCUT2D eigenvalue weighted by molar-refractivity contribution is 8.14. The van der Waals surface area contributed by atoms with Crippen LogP contribution in [-0.2, 0) is 15.6 Å². The van der Waals surface area contributed by atoms with Gasteiger partial charge in [0.2, 0.25) is 0 Å². The van der Waals surface area contributed by atoms with E-state index in [1.54, 1.807) is 6.92 Å². The number of hydrogen-bond donors (Lipinski definition) is 0. The molecule has 1 rings (SSSR count). The maximum Gasteiger partial charge on any atom is 0.186 e. The van der Waals surface area contributed by atoms with E-state index in [2.05, 4.69) is 0 Å². The Morgan fingerprint density at radius 3 is 2.80 bits per heavy atom. The Morgan fingerprint density at radius 2 is 2.40 bits per heavy atom. The molecule has 0 spiro atoms. The maximum atomic E-state index is 10.8. The fourth-order valence-electron chi connectivity index (χ4n) is 0.965. The lowest BCUT2D eigenvalue weighted by atomic mass is 10.4. The standard InChI is InChI=1S/C6H10O2S2/c1-5(7)9-6-2-3-10(8)4-6/h6H,2-4H2,1H3/t6-,10-/m1/s1. The summed E-state index contributed by atoms with van der Waals surface area (Å²) < 4.78 is 10.8. The molecule has 0 aromatic heterocycles. The van der Waals surface area contributed by atoms with Crippen LogP contribution >= 0.6 is 11.8 Å². The van der Waals surface area contributed by atoms with Crippen LogP contribution in [0.3, 0.4) is 0 Å². The second kappa shape index (κ2) is 3.53. The first-order chi connectivity index (χ1) is 4.68. The summed E-state index contributed by atoms with van der Waals surface area (Å²) >= 11 is 1.33. The van der Waals surface area contributed by atoms with Gasteiger partial charge in [0.05, 0.1) is 0 Å². The van der Waals surface area contributed by atoms with Crippen molar-refractivity contribution in [2.45, 2.75) is 18.6 Å². The summed E-state index contributed by atoms with van der Waals surface area (Å²) in [4.78, 5) is 10.6. The summed E-state index contributed by atoms with van der Waals surface area (Å²) in [5, 5.41) is 0.474. The summed E-state index contributed by atoms with van der Waals surface area (Å²) in [5.41, 5.74) is 0. The third-order valence-corrected chi connectivity index (χ3v) is 4.12. The van der Waals surface area contributed by atoms with Gasteiger partial charge in [0, 0.05) is 34.5 Å². The zero-order valence-corrected chi connectivity index (χ0v) is 7.46. The van der Waals surface area contributed by atoms with E-state index >= 15 is 0 Å². The van der Waals surface area contributed by atoms with E-state index in [9.17, 15) is 9.00 Å². The predicted octanol–water partition coefficient (Wildman–Crippen LogP) is 0.787. The van der Waals surface area contributed by atoms with E-state index in [-0.39, 0.29) is 5.12 Å². The average Bonchev–Trinajstić information content (AvgIpc) is 2.13. The molecule has 0 aliphatic carbocycles. The second-order valence-corrected chi connectivity index (χ2v) is 5.43. The number of carbonyl (C=O) groups excluding carboxylic acids is 1. The summed E-state index contributed by atoms with van der Waals surface area (Å²) in [6, 6.07) is 0. The van der Waals surface area contributed by atoms with Crippen LogP contribution in [0.2, 0.25) is 0 Å². The lowest BCUT2D eigenvalue weighted by molar-refractivity contribution is -0.109. The van der Waals surface area contributed by atoms with E-state index in [1.807, 2.05) is 0 Å². The fraction of sp³-hybridized carbons (Fsp3) is 0.833. The van der Waals surface area contributed by atoms with Gasteiger partial charge < -0.3 is 0 Å². The van der Waals surface area contributed by atoms with Gasteiger partial charge in [-0.25, -0.2) is 0 Å². The van der Waals surface area contributed by atoms with Gasteiger partial charge >= 0.3 is 0 Å². The van der Waals surface area contributed by atoms with E-state index in [1.165, 1.54) is 11.8 Å². The van der Waals surface area contributed by atoms with Gasteiger partial charge in [-0.2, -0.15) is 0 Å². The van der Waals surface area contributed by atoms with Crippen LogP contribution in [-0.4, -0.2) is 26.1 Å². The third kappa shape index (κ3) is 2.42. The van der Waals surface area contributed by atoms with Gasteiger partial charge in [-0.3, -0.25) is 9.00 Å². The zero-order valence-electron chi connectivity index (χ0n) is 5.83. The Balaban J connectivity index is 2.31. The van der Waals surface area contributed by atoms with E-state index in [4.69, 9.17) is 0 Å². The highest BCUT2D eigenvalue weighted by Gasteiger charge is 2.22. The molecular formula is C6H10O2S2. The van der Waals surface area contributed by atoms with Gasteiger partial charge in [0.25, 0.3) is 0 Å². The Bertz CT molecular complexity index is 167. The van der Waals surface area contributed by atoms with Gasteiger partial charge in [0.15, 0.2) is 5.12 Å². The quantitative estimate of drug-likeness (QED) is 0.595. The van der Waals surface area contributed by atoms with Crippen molar-refractivity contribution in [3.05, 3.63) is 0 Å². The molecule has 0 saturated carbocycles. The van der Waals surface area contributed by atoms with Gasteiger partial charge in [-0.05, 0) is 6.42 Å². The Morgan fingerprint density at radius 1 is 1.70 bits per heavy atom. The van der Waals surface area contributed by atoms with Crippen LogP contribution in [0.1, 0.15) is 13.3 Å². The molecule has 58 valence electrons. The molecule has 2 atom stereocenters. The molecule has 0 unspecified atom stereocenters. The molecule has 2 nitrogen and oxygen atoms in total. The summed E-state index contributed by atoms with van der Waals surface area (Å²) in [7, 11) is -0.642. The van der Waals surface area contributed by atoms with Crippen molar-refractivity contribution >= 4 is 27.7 Å². The Kier molecular flexibility index (Phi) is 2.92. The number of rotatable bonds is 1. The first kappa shape index (κ1) is 8.27. The van der Waals surface area contributed by atoms with Crippen LogP contribution in [0.5, 0.6) is 0 Å². The van der Waals surface area contributed by atoms with E-state index < -0.39 is 10.8 Å². The molecule has 4 heteroatoms. The van der Waals surface area contributed by atoms with Crippen molar-refractivity contribution in [1.29, 1.82) is 0 Å². The molecule has 1 heterocycles. The predicted molar refractivity (Wildman–Crippen MR) is 44.6 cm³/mol. The zero-order chi connectivity index (χ0) is 7.56. The van der Waals surface area contributed by atoms with Crippen molar-refractivity contribution in [2.75, 3.05) is 11.5 Å². The molecule has 0 aromatic carbocycles. The number of carbonyl (C=O) groups is 1. The molecule has 1 aliphatic rings. The van der Waals surface area contributed by atoms with E-state index in [0.717, 1.165) is 12.2 Å². The highest BCUT2D eigenvalue weighted by Crippen LogP contribution is 2.22. The average molecular weight is 178 g/mol. The molecule has 0 aromatic rings. The lowest BCUT2D eigenvalue weighted by Gasteiger charge is -2.01. The molecule has 0 N–H and O–H groups in total. The molecule has 1 saturated heterocycles. The molecule has 0 radical (unpaired) electrons. The first-order valence-electron chi connectivity index (χ1n) is 3.20. The summed E-state index contributed by atoms with van der Waals surface area (Å²) in [6.45, 7) is 1.56. The molecular weight excluding hydrogens is 168 g/mol. The summed E-state index contributed by atoms with van der Waals surface area (Å²) in [5.74, 6) is 1.50. The molecule has 1 fully saturated rings. The Hall–Kier alpha value is 0.170. The highest BCUT2D eigenvalue weighted by atomic mass is 32.2. The van der Waals surface area contributed by atoms with Crippen LogP contribution in [0.4, 0.5) is 0 Å². The van der Waals surface area contributed by atoms with Crippen LogP contribution in [0.25, 0.3) is 0 Å². The second-order valence-electron chi connectivity index (χ2n) is 2.33. The first-order valence-corrected chi connectivity index (χ1v) is 5.57. The van der Waals surface area contributed by atoms with Crippen molar-refractivity contribution in [1.82, 2.24) is 0 Å². The van der Waals surface area contributed by atoms with Crippen LogP contribution in [0.15, 0.2) is 0 Å². The van der Waals surface area contributed by atoms with Crippen molar-refractivity contribution in [3.8, 4) is 0 Å². The van der Waals surface area contributed by atoms with Crippen molar-refractivity contribution in [3.63, 3.8) is 0 Å². The van der Waals surface area contributed by atoms with Gasteiger partial charge in [-0.15, -0.1) is 0 Å². The summed E-state index contributed by atoms with van der Waals surface area (Å²) in [6.07, 6.45) is 0.941. The van der Waals surface area contributed by atoms with Crippen molar-refractivity contribution in [2.24, 2.45) is 0 Å². The molecule has 10 heavy (non-hydrogen) atoms. The molecule has 0 bridgehead atoms. The minimum absolute atomic E-state index is 0.143. The number of thioether (sulfide) groups is 1. The normalized spacial score (nSPS) is 32.5. The van der Waals surface area contributed by atoms with Crippen LogP contribution < -0.4 is 0 Å². The maximum absolute atomic E-state index is 10.8. The van der Waals surface area contributed by atoms with E-state index in [0.29, 0.717) is 11.0 Å². The van der Waals surface area contributed by atoms with Crippen molar-refractivity contribution < 1.29 is 9.00 Å². The van der Waals surface area contributed by atoms with Gasteiger partial charge in [-0.1, -0.05) is 11.8 Å². The molecule has 0 amide bonds. The smallest absolute Gasteiger partial charge is 0.186 e. The Labute approximate surface area is 67.2 Å². The molecule has 1 aliphatic heterocycles. The fourth-order valence-corrected chi connectivity index (χ4v) is 3.84. The minimum atomic E-state index is -0.642. The van der Waals surface area contributed by atoms with Crippen LogP contribution in [0, 0.1) is 0 Å². The largest absolute Gasteiger partial charge is 0.288 e. The monoisotopic (exact) mass is 178 g/mol. The minimum Gasteiger partial charge on any atom is -0.288 e. The topological polar surface area (TPSA) is 34.1 Å². The third-order valence-electron chi connectivity index (χ3n) is 1.37. The number of hydrogen-bond acceptors (Lipinski definition) is 3. The SMILES string of the molecule is CC(=O)S[C@@H]1CC[S@@](=O)C1. The van der Waals surface area contributed by atoms with Gasteiger partial charge in [0.1, 0.15) is 0 Å².